The van der Waals surface area contributed by atoms with E-state index in [1.54, 1.807) is 13.8 Å². The molecule has 2 nitrogen and oxygen atoms in total. The summed E-state index contributed by atoms with van der Waals surface area (Å²) in [4.78, 5) is 0. The summed E-state index contributed by atoms with van der Waals surface area (Å²) < 4.78 is 11.0. The van der Waals surface area contributed by atoms with Gasteiger partial charge in [0, 0.05) is 22.3 Å². The minimum atomic E-state index is -0.780. The van der Waals surface area contributed by atoms with Crippen LogP contribution in [0.25, 0.3) is 0 Å². The topological polar surface area (TPSA) is 37.3 Å². The van der Waals surface area contributed by atoms with Crippen molar-refractivity contribution in [3.8, 4) is 0 Å². The Bertz CT molecular complexity index is 189. The first-order valence-electron chi connectivity index (χ1n) is 4.12. The van der Waals surface area contributed by atoms with Gasteiger partial charge in [-0.3, -0.25) is 4.21 Å². The highest BCUT2D eigenvalue weighted by Crippen LogP contribution is 2.13. The average molecular weight is 190 g/mol. The molecule has 0 aliphatic heterocycles. The van der Waals surface area contributed by atoms with Crippen molar-refractivity contribution in [1.82, 2.24) is 0 Å². The van der Waals surface area contributed by atoms with Gasteiger partial charge in [0.15, 0.2) is 0 Å². The van der Waals surface area contributed by atoms with Crippen molar-refractivity contribution in [2.24, 2.45) is 0 Å². The summed E-state index contributed by atoms with van der Waals surface area (Å²) in [6.07, 6.45) is 1.85. The van der Waals surface area contributed by atoms with Crippen molar-refractivity contribution in [3.05, 3.63) is 11.6 Å². The SMILES string of the molecule is CCS(=O)C/C=C(\C)C(C)(C)O. The van der Waals surface area contributed by atoms with E-state index >= 15 is 0 Å². The first kappa shape index (κ1) is 11.8. The van der Waals surface area contributed by atoms with Gasteiger partial charge < -0.3 is 5.11 Å². The van der Waals surface area contributed by atoms with E-state index in [0.717, 1.165) is 5.57 Å². The maximum absolute atomic E-state index is 11.0. The molecule has 12 heavy (non-hydrogen) atoms. The van der Waals surface area contributed by atoms with Crippen LogP contribution in [0, 0.1) is 0 Å². The van der Waals surface area contributed by atoms with Gasteiger partial charge in [-0.15, -0.1) is 0 Å². The van der Waals surface area contributed by atoms with Gasteiger partial charge in [0.1, 0.15) is 0 Å². The third-order valence-corrected chi connectivity index (χ3v) is 3.04. The van der Waals surface area contributed by atoms with Crippen molar-refractivity contribution in [3.63, 3.8) is 0 Å². The molecule has 0 rings (SSSR count). The molecule has 0 saturated carbocycles. The van der Waals surface area contributed by atoms with E-state index in [4.69, 9.17) is 0 Å². The summed E-state index contributed by atoms with van der Waals surface area (Å²) in [5.41, 5.74) is 0.0992. The Labute approximate surface area is 77.1 Å². The largest absolute Gasteiger partial charge is 0.386 e. The molecule has 0 bridgehead atoms. The minimum Gasteiger partial charge on any atom is -0.386 e. The summed E-state index contributed by atoms with van der Waals surface area (Å²) in [6.45, 7) is 7.21. The molecule has 0 aliphatic carbocycles. The fourth-order valence-corrected chi connectivity index (χ4v) is 1.26. The molecule has 0 aromatic heterocycles. The first-order valence-corrected chi connectivity index (χ1v) is 5.61. The fraction of sp³-hybridized carbons (Fsp3) is 0.778. The maximum Gasteiger partial charge on any atom is 0.0798 e. The Morgan fingerprint density at radius 3 is 2.42 bits per heavy atom. The molecule has 0 heterocycles. The number of aliphatic hydroxyl groups is 1. The lowest BCUT2D eigenvalue weighted by atomic mass is 10.0. The molecule has 0 saturated heterocycles. The van der Waals surface area contributed by atoms with Gasteiger partial charge in [0.25, 0.3) is 0 Å². The van der Waals surface area contributed by atoms with Crippen LogP contribution in [0.4, 0.5) is 0 Å². The van der Waals surface area contributed by atoms with Gasteiger partial charge in [-0.25, -0.2) is 0 Å². The molecule has 1 atom stereocenters. The smallest absolute Gasteiger partial charge is 0.0798 e. The standard InChI is InChI=1S/C9H18O2S/c1-5-12(11)7-6-8(2)9(3,4)10/h6,10H,5,7H2,1-4H3/b8-6+. The second kappa shape index (κ2) is 4.77. The lowest BCUT2D eigenvalue weighted by Crippen LogP contribution is -2.20. The van der Waals surface area contributed by atoms with E-state index in [2.05, 4.69) is 0 Å². The third-order valence-electron chi connectivity index (χ3n) is 1.86. The normalized spacial score (nSPS) is 16.2. The summed E-state index contributed by atoms with van der Waals surface area (Å²) in [6, 6.07) is 0. The van der Waals surface area contributed by atoms with E-state index in [9.17, 15) is 9.32 Å². The van der Waals surface area contributed by atoms with Crippen LogP contribution >= 0.6 is 0 Å². The molecule has 1 N–H and O–H groups in total. The summed E-state index contributed by atoms with van der Waals surface area (Å²) in [7, 11) is -0.770. The van der Waals surface area contributed by atoms with Crippen molar-refractivity contribution >= 4 is 10.8 Å². The van der Waals surface area contributed by atoms with E-state index in [1.807, 2.05) is 19.9 Å². The zero-order valence-electron chi connectivity index (χ0n) is 8.26. The quantitative estimate of drug-likeness (QED) is 0.682. The van der Waals surface area contributed by atoms with Crippen LogP contribution in [0.2, 0.25) is 0 Å². The van der Waals surface area contributed by atoms with Crippen LogP contribution in [0.3, 0.4) is 0 Å². The van der Waals surface area contributed by atoms with Crippen LogP contribution in [0.15, 0.2) is 11.6 Å². The Morgan fingerprint density at radius 2 is 2.08 bits per heavy atom. The van der Waals surface area contributed by atoms with Crippen LogP contribution in [0.5, 0.6) is 0 Å². The highest BCUT2D eigenvalue weighted by atomic mass is 32.2. The molecule has 3 heteroatoms. The highest BCUT2D eigenvalue weighted by molar-refractivity contribution is 7.85. The number of hydrogen-bond donors (Lipinski definition) is 1. The second-order valence-electron chi connectivity index (χ2n) is 3.34. The Hall–Kier alpha value is -0.150. The molecular formula is C9H18O2S. The Balaban J connectivity index is 4.11. The Morgan fingerprint density at radius 1 is 1.58 bits per heavy atom. The molecule has 0 amide bonds. The van der Waals surface area contributed by atoms with Crippen molar-refractivity contribution in [2.45, 2.75) is 33.3 Å². The summed E-state index contributed by atoms with van der Waals surface area (Å²) in [5, 5.41) is 9.50. The monoisotopic (exact) mass is 190 g/mol. The van der Waals surface area contributed by atoms with Gasteiger partial charge >= 0.3 is 0 Å². The zero-order valence-corrected chi connectivity index (χ0v) is 9.07. The van der Waals surface area contributed by atoms with Crippen LogP contribution in [0.1, 0.15) is 27.7 Å². The molecular weight excluding hydrogens is 172 g/mol. The van der Waals surface area contributed by atoms with Crippen LogP contribution in [-0.2, 0) is 10.8 Å². The van der Waals surface area contributed by atoms with Crippen molar-refractivity contribution in [2.75, 3.05) is 11.5 Å². The van der Waals surface area contributed by atoms with Crippen LogP contribution < -0.4 is 0 Å². The molecule has 0 fully saturated rings. The van der Waals surface area contributed by atoms with E-state index < -0.39 is 16.4 Å². The van der Waals surface area contributed by atoms with Gasteiger partial charge in [0.05, 0.1) is 5.60 Å². The third kappa shape index (κ3) is 4.67. The number of rotatable bonds is 4. The predicted molar refractivity (Wildman–Crippen MR) is 53.6 cm³/mol. The van der Waals surface area contributed by atoms with Crippen molar-refractivity contribution < 1.29 is 9.32 Å². The van der Waals surface area contributed by atoms with Gasteiger partial charge in [0.2, 0.25) is 0 Å². The molecule has 0 aromatic rings. The maximum atomic E-state index is 11.0. The summed E-state index contributed by atoms with van der Waals surface area (Å²) in [5.74, 6) is 1.22. The van der Waals surface area contributed by atoms with E-state index in [-0.39, 0.29) is 0 Å². The first-order chi connectivity index (χ1) is 5.38. The molecule has 0 radical (unpaired) electrons. The molecule has 0 spiro atoms. The molecule has 1 unspecified atom stereocenters. The zero-order chi connectivity index (χ0) is 9.78. The van der Waals surface area contributed by atoms with Gasteiger partial charge in [-0.2, -0.15) is 0 Å². The predicted octanol–water partition coefficient (Wildman–Crippen LogP) is 1.47. The van der Waals surface area contributed by atoms with E-state index in [0.29, 0.717) is 11.5 Å². The van der Waals surface area contributed by atoms with Crippen LogP contribution in [-0.4, -0.2) is 26.4 Å². The Kier molecular flexibility index (Phi) is 4.71. The highest BCUT2D eigenvalue weighted by Gasteiger charge is 2.14. The van der Waals surface area contributed by atoms with Crippen molar-refractivity contribution in [1.29, 1.82) is 0 Å². The van der Waals surface area contributed by atoms with Gasteiger partial charge in [-0.05, 0) is 26.3 Å². The average Bonchev–Trinajstić information content (AvgIpc) is 1.97. The second-order valence-corrected chi connectivity index (χ2v) is 5.13. The summed E-state index contributed by atoms with van der Waals surface area (Å²) >= 11 is 0. The molecule has 0 aromatic carbocycles. The molecule has 72 valence electrons. The van der Waals surface area contributed by atoms with E-state index in [1.165, 1.54) is 0 Å². The minimum absolute atomic E-state index is 0.548. The molecule has 0 aliphatic rings. The lowest BCUT2D eigenvalue weighted by Gasteiger charge is -2.17. The fourth-order valence-electron chi connectivity index (χ4n) is 0.586. The lowest BCUT2D eigenvalue weighted by molar-refractivity contribution is 0.120. The van der Waals surface area contributed by atoms with Gasteiger partial charge in [-0.1, -0.05) is 13.0 Å². The number of hydrogen-bond acceptors (Lipinski definition) is 2.